The zero-order valence-electron chi connectivity index (χ0n) is 13.4. The number of hydrazone groups is 1. The minimum Gasteiger partial charge on any atom is -0.496 e. The van der Waals surface area contributed by atoms with Crippen LogP contribution in [0.5, 0.6) is 11.5 Å². The Kier molecular flexibility index (Phi) is 4.48. The molecule has 0 fully saturated rings. The number of carbonyl (C=O) groups is 1. The van der Waals surface area contributed by atoms with Crippen LogP contribution >= 0.6 is 11.3 Å². The summed E-state index contributed by atoms with van der Waals surface area (Å²) in [5.74, 6) is 0.879. The van der Waals surface area contributed by atoms with Gasteiger partial charge in [-0.3, -0.25) is 9.20 Å². The first-order valence-electron chi connectivity index (χ1n) is 7.12. The number of nitrogens with one attached hydrogen (secondary N) is 1. The molecule has 8 heteroatoms. The second-order valence-corrected chi connectivity index (χ2v) is 5.75. The zero-order chi connectivity index (χ0) is 17.1. The van der Waals surface area contributed by atoms with Gasteiger partial charge in [0.15, 0.2) is 4.96 Å². The Bertz CT molecular complexity index is 891. The van der Waals surface area contributed by atoms with Crippen molar-refractivity contribution in [2.45, 2.75) is 6.92 Å². The van der Waals surface area contributed by atoms with Crippen molar-refractivity contribution in [2.75, 3.05) is 14.2 Å². The number of hydrogen-bond donors (Lipinski definition) is 1. The van der Waals surface area contributed by atoms with E-state index in [0.29, 0.717) is 28.5 Å². The van der Waals surface area contributed by atoms with Crippen molar-refractivity contribution in [3.05, 3.63) is 46.7 Å². The van der Waals surface area contributed by atoms with Gasteiger partial charge in [0.25, 0.3) is 5.91 Å². The van der Waals surface area contributed by atoms with Crippen molar-refractivity contribution in [1.29, 1.82) is 0 Å². The van der Waals surface area contributed by atoms with Crippen LogP contribution in [0.2, 0.25) is 0 Å². The summed E-state index contributed by atoms with van der Waals surface area (Å²) >= 11 is 1.47. The number of imidazole rings is 1. The van der Waals surface area contributed by atoms with Crippen molar-refractivity contribution >= 4 is 28.4 Å². The van der Waals surface area contributed by atoms with Gasteiger partial charge in [-0.2, -0.15) is 5.10 Å². The van der Waals surface area contributed by atoms with Crippen molar-refractivity contribution in [1.82, 2.24) is 14.8 Å². The van der Waals surface area contributed by atoms with Crippen molar-refractivity contribution in [3.8, 4) is 11.5 Å². The van der Waals surface area contributed by atoms with Crippen LogP contribution < -0.4 is 14.9 Å². The van der Waals surface area contributed by atoms with Crippen LogP contribution in [0.4, 0.5) is 0 Å². The van der Waals surface area contributed by atoms with Crippen molar-refractivity contribution in [3.63, 3.8) is 0 Å². The van der Waals surface area contributed by atoms with Crippen molar-refractivity contribution < 1.29 is 14.3 Å². The number of aromatic nitrogens is 2. The number of aryl methyl sites for hydroxylation is 1. The lowest BCUT2D eigenvalue weighted by molar-refractivity contribution is 0.0948. The fourth-order valence-corrected chi connectivity index (χ4v) is 3.14. The van der Waals surface area contributed by atoms with E-state index in [2.05, 4.69) is 15.5 Å². The Balaban J connectivity index is 1.83. The summed E-state index contributed by atoms with van der Waals surface area (Å²) in [6.07, 6.45) is 3.30. The second kappa shape index (κ2) is 6.71. The molecule has 1 N–H and O–H groups in total. The van der Waals surface area contributed by atoms with E-state index >= 15 is 0 Å². The third kappa shape index (κ3) is 2.83. The largest absolute Gasteiger partial charge is 0.496 e. The van der Waals surface area contributed by atoms with E-state index < -0.39 is 0 Å². The minimum atomic E-state index is -0.330. The van der Waals surface area contributed by atoms with Crippen LogP contribution in [0.3, 0.4) is 0 Å². The zero-order valence-corrected chi connectivity index (χ0v) is 14.3. The molecule has 24 heavy (non-hydrogen) atoms. The maximum absolute atomic E-state index is 12.4. The number of hydrogen-bond acceptors (Lipinski definition) is 6. The molecule has 3 rings (SSSR count). The number of nitrogens with zero attached hydrogens (tertiary/aromatic N) is 3. The molecule has 0 aliphatic rings. The lowest BCUT2D eigenvalue weighted by Gasteiger charge is -2.09. The summed E-state index contributed by atoms with van der Waals surface area (Å²) in [5.41, 5.74) is 4.29. The maximum Gasteiger partial charge on any atom is 0.290 e. The van der Waals surface area contributed by atoms with E-state index in [1.54, 1.807) is 37.7 Å². The Morgan fingerprint density at radius 3 is 2.71 bits per heavy atom. The van der Waals surface area contributed by atoms with E-state index in [1.165, 1.54) is 17.6 Å². The molecule has 0 aliphatic heterocycles. The summed E-state index contributed by atoms with van der Waals surface area (Å²) in [6, 6.07) is 5.40. The number of benzene rings is 1. The Morgan fingerprint density at radius 2 is 2.04 bits per heavy atom. The minimum absolute atomic E-state index is 0.330. The monoisotopic (exact) mass is 344 g/mol. The van der Waals surface area contributed by atoms with Crippen molar-refractivity contribution in [2.24, 2.45) is 5.10 Å². The molecule has 0 spiro atoms. The van der Waals surface area contributed by atoms with Gasteiger partial charge in [-0.25, -0.2) is 10.4 Å². The van der Waals surface area contributed by atoms with Crippen LogP contribution in [0.25, 0.3) is 4.96 Å². The third-order valence-electron chi connectivity index (χ3n) is 3.48. The molecule has 0 radical (unpaired) electrons. The van der Waals surface area contributed by atoms with E-state index in [-0.39, 0.29) is 5.91 Å². The first-order valence-corrected chi connectivity index (χ1v) is 8.00. The Labute approximate surface area is 142 Å². The van der Waals surface area contributed by atoms with E-state index in [9.17, 15) is 4.79 Å². The smallest absolute Gasteiger partial charge is 0.290 e. The number of ether oxygens (including phenoxy) is 2. The van der Waals surface area contributed by atoms with Gasteiger partial charge in [-0.1, -0.05) is 6.07 Å². The SMILES string of the molecule is COc1cccc(OC)c1/C=N\NC(=O)c1c(C)nc2sccn12. The average Bonchev–Trinajstić information content (AvgIpc) is 3.14. The molecule has 1 aromatic carbocycles. The van der Waals surface area contributed by atoms with Gasteiger partial charge < -0.3 is 9.47 Å². The molecule has 0 atom stereocenters. The molecule has 0 bridgehead atoms. The Morgan fingerprint density at radius 1 is 1.33 bits per heavy atom. The molecule has 0 unspecified atom stereocenters. The van der Waals surface area contributed by atoms with E-state index in [1.807, 2.05) is 17.6 Å². The van der Waals surface area contributed by atoms with E-state index in [0.717, 1.165) is 4.96 Å². The average molecular weight is 344 g/mol. The maximum atomic E-state index is 12.4. The molecule has 2 heterocycles. The normalized spacial score (nSPS) is 11.1. The van der Waals surface area contributed by atoms with Gasteiger partial charge in [0, 0.05) is 11.6 Å². The number of amides is 1. The lowest BCUT2D eigenvalue weighted by Crippen LogP contribution is -2.20. The van der Waals surface area contributed by atoms with Gasteiger partial charge in [-0.05, 0) is 19.1 Å². The molecular formula is C16H16N4O3S. The number of fused-ring (bicyclic) bond motifs is 1. The summed E-state index contributed by atoms with van der Waals surface area (Å²) in [7, 11) is 3.13. The first-order chi connectivity index (χ1) is 11.7. The quantitative estimate of drug-likeness (QED) is 0.570. The van der Waals surface area contributed by atoms with Gasteiger partial charge >= 0.3 is 0 Å². The summed E-state index contributed by atoms with van der Waals surface area (Å²) < 4.78 is 12.3. The number of thiazole rings is 1. The summed E-state index contributed by atoms with van der Waals surface area (Å²) in [4.78, 5) is 17.5. The summed E-state index contributed by atoms with van der Waals surface area (Å²) in [6.45, 7) is 1.79. The van der Waals surface area contributed by atoms with Gasteiger partial charge in [0.05, 0.1) is 31.7 Å². The fraction of sp³-hybridized carbons (Fsp3) is 0.188. The third-order valence-corrected chi connectivity index (χ3v) is 4.23. The van der Waals surface area contributed by atoms with Crippen LogP contribution in [0.15, 0.2) is 34.9 Å². The molecule has 2 aromatic heterocycles. The number of methoxy groups -OCH3 is 2. The number of carbonyl (C=O) groups excluding carboxylic acids is 1. The van der Waals surface area contributed by atoms with Crippen LogP contribution in [0.1, 0.15) is 21.7 Å². The van der Waals surface area contributed by atoms with Crippen LogP contribution in [0, 0.1) is 6.92 Å². The molecule has 0 saturated heterocycles. The van der Waals surface area contributed by atoms with E-state index in [4.69, 9.17) is 9.47 Å². The highest BCUT2D eigenvalue weighted by Gasteiger charge is 2.16. The molecule has 0 saturated carbocycles. The second-order valence-electron chi connectivity index (χ2n) is 4.88. The highest BCUT2D eigenvalue weighted by atomic mass is 32.1. The molecule has 7 nitrogen and oxygen atoms in total. The number of rotatable bonds is 5. The topological polar surface area (TPSA) is 77.2 Å². The Hall–Kier alpha value is -2.87. The first kappa shape index (κ1) is 16.0. The highest BCUT2D eigenvalue weighted by molar-refractivity contribution is 7.15. The van der Waals surface area contributed by atoms with Gasteiger partial charge in [0.2, 0.25) is 0 Å². The standard InChI is InChI=1S/C16H16N4O3S/c1-10-14(20-7-8-24-16(20)18-10)15(21)19-17-9-11-12(22-2)5-4-6-13(11)23-3/h4-9H,1-3H3,(H,19,21)/b17-9-. The summed E-state index contributed by atoms with van der Waals surface area (Å²) in [5, 5.41) is 5.90. The molecule has 124 valence electrons. The van der Waals surface area contributed by atoms with Crippen LogP contribution in [-0.4, -0.2) is 35.7 Å². The highest BCUT2D eigenvalue weighted by Crippen LogP contribution is 2.26. The van der Waals surface area contributed by atoms with Gasteiger partial charge in [0.1, 0.15) is 17.2 Å². The fourth-order valence-electron chi connectivity index (χ4n) is 2.38. The van der Waals surface area contributed by atoms with Crippen LogP contribution in [-0.2, 0) is 0 Å². The molecular weight excluding hydrogens is 328 g/mol. The molecule has 3 aromatic rings. The molecule has 1 amide bonds. The van der Waals surface area contributed by atoms with Gasteiger partial charge in [-0.15, -0.1) is 11.3 Å². The predicted molar refractivity (Wildman–Crippen MR) is 92.4 cm³/mol. The molecule has 0 aliphatic carbocycles. The lowest BCUT2D eigenvalue weighted by atomic mass is 10.2. The predicted octanol–water partition coefficient (Wildman–Crippen LogP) is 2.49.